The fourth-order valence-electron chi connectivity index (χ4n) is 1.83. The number of halogens is 1. The number of amides is 1. The summed E-state index contributed by atoms with van der Waals surface area (Å²) in [4.78, 5) is 15.5. The number of nitrogens with one attached hydrogen (secondary N) is 1. The lowest BCUT2D eigenvalue weighted by Gasteiger charge is -2.09. The molecule has 0 spiro atoms. The minimum atomic E-state index is -4.89. The van der Waals surface area contributed by atoms with Crippen LogP contribution in [0.2, 0.25) is 0 Å². The molecule has 0 saturated carbocycles. The van der Waals surface area contributed by atoms with Crippen molar-refractivity contribution in [3.05, 3.63) is 53.9 Å². The second-order valence-electron chi connectivity index (χ2n) is 4.43. The lowest BCUT2D eigenvalue weighted by molar-refractivity contribution is -0.115. The second kappa shape index (κ2) is 6.01. The van der Waals surface area contributed by atoms with E-state index in [1.165, 1.54) is 18.2 Å². The summed E-state index contributed by atoms with van der Waals surface area (Å²) in [5, 5.41) is 2.39. The van der Waals surface area contributed by atoms with Crippen LogP contribution in [-0.2, 0) is 21.4 Å². The molecule has 1 N–H and O–H groups in total. The van der Waals surface area contributed by atoms with Crippen LogP contribution in [0.3, 0.4) is 0 Å². The van der Waals surface area contributed by atoms with Gasteiger partial charge < -0.3 is 5.32 Å². The zero-order chi connectivity index (χ0) is 15.5. The number of aromatic nitrogens is 1. The van der Waals surface area contributed by atoms with Crippen LogP contribution < -0.4 is 5.32 Å². The standard InChI is InChI=1S/C14H13FN2O3S/c1-10-5-4-8-16-12(10)9-14(18)17-11-6-2-3-7-13(11)21(15,19)20/h2-8H,9H2,1H3,(H,17,18). The summed E-state index contributed by atoms with van der Waals surface area (Å²) in [7, 11) is -4.89. The van der Waals surface area contributed by atoms with Gasteiger partial charge >= 0.3 is 10.2 Å². The van der Waals surface area contributed by atoms with E-state index in [0.29, 0.717) is 5.69 Å². The molecule has 21 heavy (non-hydrogen) atoms. The Balaban J connectivity index is 2.20. The van der Waals surface area contributed by atoms with Gasteiger partial charge in [0, 0.05) is 6.20 Å². The normalized spacial score (nSPS) is 11.1. The molecule has 1 aromatic carbocycles. The number of hydrogen-bond acceptors (Lipinski definition) is 4. The highest BCUT2D eigenvalue weighted by Crippen LogP contribution is 2.22. The average Bonchev–Trinajstić information content (AvgIpc) is 2.41. The Labute approximate surface area is 122 Å². The first-order valence-corrected chi connectivity index (χ1v) is 7.50. The predicted octanol–water partition coefficient (Wildman–Crippen LogP) is 2.23. The number of rotatable bonds is 4. The van der Waals surface area contributed by atoms with Crippen LogP contribution in [0, 0.1) is 6.92 Å². The molecule has 1 amide bonds. The zero-order valence-electron chi connectivity index (χ0n) is 11.2. The average molecular weight is 308 g/mol. The van der Waals surface area contributed by atoms with Crippen molar-refractivity contribution in [1.29, 1.82) is 0 Å². The first kappa shape index (κ1) is 15.1. The molecule has 0 saturated heterocycles. The lowest BCUT2D eigenvalue weighted by Crippen LogP contribution is -2.17. The molecule has 1 aromatic heterocycles. The fraction of sp³-hybridized carbons (Fsp3) is 0.143. The van der Waals surface area contributed by atoms with Crippen molar-refractivity contribution in [2.75, 3.05) is 5.32 Å². The molecule has 0 fully saturated rings. The van der Waals surface area contributed by atoms with E-state index in [9.17, 15) is 17.1 Å². The third-order valence-corrected chi connectivity index (χ3v) is 3.75. The number of carbonyl (C=O) groups is 1. The molecule has 1 heterocycles. The van der Waals surface area contributed by atoms with Gasteiger partial charge in [0.25, 0.3) is 0 Å². The van der Waals surface area contributed by atoms with E-state index in [-0.39, 0.29) is 12.1 Å². The SMILES string of the molecule is Cc1cccnc1CC(=O)Nc1ccccc1S(=O)(=O)F. The monoisotopic (exact) mass is 308 g/mol. The maximum Gasteiger partial charge on any atom is 0.334 e. The van der Waals surface area contributed by atoms with Gasteiger partial charge in [-0.1, -0.05) is 18.2 Å². The van der Waals surface area contributed by atoms with Crippen molar-refractivity contribution in [3.8, 4) is 0 Å². The van der Waals surface area contributed by atoms with E-state index in [4.69, 9.17) is 0 Å². The summed E-state index contributed by atoms with van der Waals surface area (Å²) in [6.07, 6.45) is 1.54. The molecule has 0 aliphatic carbocycles. The summed E-state index contributed by atoms with van der Waals surface area (Å²) >= 11 is 0. The van der Waals surface area contributed by atoms with Crippen molar-refractivity contribution < 1.29 is 17.1 Å². The van der Waals surface area contributed by atoms with Crippen LogP contribution in [0.4, 0.5) is 9.57 Å². The molecule has 0 aliphatic rings. The Kier molecular flexibility index (Phi) is 4.32. The molecule has 7 heteroatoms. The second-order valence-corrected chi connectivity index (χ2v) is 5.74. The Bertz CT molecular complexity index is 775. The third kappa shape index (κ3) is 3.85. The molecule has 0 aliphatic heterocycles. The van der Waals surface area contributed by atoms with Crippen molar-refractivity contribution in [2.45, 2.75) is 18.2 Å². The molecule has 110 valence electrons. The van der Waals surface area contributed by atoms with Crippen LogP contribution in [0.25, 0.3) is 0 Å². The largest absolute Gasteiger partial charge is 0.334 e. The number of benzene rings is 1. The Morgan fingerprint density at radius 2 is 1.95 bits per heavy atom. The van der Waals surface area contributed by atoms with Gasteiger partial charge in [0.2, 0.25) is 5.91 Å². The van der Waals surface area contributed by atoms with Crippen molar-refractivity contribution >= 4 is 21.8 Å². The Hall–Kier alpha value is -2.28. The molecule has 0 atom stereocenters. The summed E-state index contributed by atoms with van der Waals surface area (Å²) in [5.41, 5.74) is 1.34. The van der Waals surface area contributed by atoms with Crippen LogP contribution >= 0.6 is 0 Å². The van der Waals surface area contributed by atoms with Crippen LogP contribution in [-0.4, -0.2) is 19.3 Å². The first-order valence-electron chi connectivity index (χ1n) is 6.12. The van der Waals surface area contributed by atoms with Crippen molar-refractivity contribution in [2.24, 2.45) is 0 Å². The molecule has 0 unspecified atom stereocenters. The number of anilines is 1. The van der Waals surface area contributed by atoms with Gasteiger partial charge in [0.1, 0.15) is 4.90 Å². The van der Waals surface area contributed by atoms with Gasteiger partial charge in [-0.25, -0.2) is 0 Å². The van der Waals surface area contributed by atoms with Gasteiger partial charge in [0.15, 0.2) is 0 Å². The molecular formula is C14H13FN2O3S. The number of carbonyl (C=O) groups excluding carboxylic acids is 1. The maximum absolute atomic E-state index is 13.1. The predicted molar refractivity (Wildman–Crippen MR) is 76.0 cm³/mol. The van der Waals surface area contributed by atoms with E-state index in [2.05, 4.69) is 10.3 Å². The van der Waals surface area contributed by atoms with Crippen molar-refractivity contribution in [1.82, 2.24) is 4.98 Å². The number of hydrogen-bond donors (Lipinski definition) is 1. The summed E-state index contributed by atoms with van der Waals surface area (Å²) in [5.74, 6) is -0.465. The van der Waals surface area contributed by atoms with E-state index in [0.717, 1.165) is 11.6 Å². The first-order chi connectivity index (χ1) is 9.88. The summed E-state index contributed by atoms with van der Waals surface area (Å²) in [6, 6.07) is 8.88. The Morgan fingerprint density at radius 1 is 1.24 bits per heavy atom. The van der Waals surface area contributed by atoms with E-state index in [1.54, 1.807) is 12.3 Å². The molecule has 0 bridgehead atoms. The summed E-state index contributed by atoms with van der Waals surface area (Å²) < 4.78 is 35.2. The highest BCUT2D eigenvalue weighted by atomic mass is 32.3. The molecule has 5 nitrogen and oxygen atoms in total. The van der Waals surface area contributed by atoms with Crippen LogP contribution in [0.5, 0.6) is 0 Å². The zero-order valence-corrected chi connectivity index (χ0v) is 12.0. The Morgan fingerprint density at radius 3 is 2.62 bits per heavy atom. The number of pyridine rings is 1. The van der Waals surface area contributed by atoms with E-state index < -0.39 is 21.0 Å². The minimum Gasteiger partial charge on any atom is -0.324 e. The van der Waals surface area contributed by atoms with Gasteiger partial charge in [-0.05, 0) is 30.7 Å². The van der Waals surface area contributed by atoms with Gasteiger partial charge in [-0.3, -0.25) is 9.78 Å². The summed E-state index contributed by atoms with van der Waals surface area (Å²) in [6.45, 7) is 1.82. The lowest BCUT2D eigenvalue weighted by atomic mass is 10.1. The smallest absolute Gasteiger partial charge is 0.324 e. The van der Waals surface area contributed by atoms with E-state index >= 15 is 0 Å². The number of aryl methyl sites for hydroxylation is 1. The highest BCUT2D eigenvalue weighted by Gasteiger charge is 2.18. The maximum atomic E-state index is 13.1. The molecular weight excluding hydrogens is 295 g/mol. The fourth-order valence-corrected chi connectivity index (χ4v) is 2.46. The number of para-hydroxylation sites is 1. The quantitative estimate of drug-likeness (QED) is 0.879. The third-order valence-electron chi connectivity index (χ3n) is 2.87. The highest BCUT2D eigenvalue weighted by molar-refractivity contribution is 7.86. The topological polar surface area (TPSA) is 76.1 Å². The van der Waals surface area contributed by atoms with Gasteiger partial charge in [-0.15, -0.1) is 3.89 Å². The van der Waals surface area contributed by atoms with E-state index in [1.807, 2.05) is 13.0 Å². The molecule has 0 radical (unpaired) electrons. The van der Waals surface area contributed by atoms with Crippen LogP contribution in [0.1, 0.15) is 11.3 Å². The van der Waals surface area contributed by atoms with Crippen LogP contribution in [0.15, 0.2) is 47.5 Å². The number of nitrogens with zero attached hydrogens (tertiary/aromatic N) is 1. The molecule has 2 aromatic rings. The minimum absolute atomic E-state index is 0.0205. The molecule has 2 rings (SSSR count). The van der Waals surface area contributed by atoms with Gasteiger partial charge in [-0.2, -0.15) is 8.42 Å². The van der Waals surface area contributed by atoms with Gasteiger partial charge in [0.05, 0.1) is 17.8 Å². The van der Waals surface area contributed by atoms with Crippen molar-refractivity contribution in [3.63, 3.8) is 0 Å².